The molecule has 0 saturated heterocycles. The minimum atomic E-state index is 0.372. The van der Waals surface area contributed by atoms with Crippen molar-refractivity contribution in [1.29, 1.82) is 0 Å². The topological polar surface area (TPSA) is 24.9 Å². The number of nitrogens with one attached hydrogen (secondary N) is 1. The maximum absolute atomic E-state index is 4.40. The quantitative estimate of drug-likeness (QED) is 0.813. The fourth-order valence-corrected chi connectivity index (χ4v) is 3.72. The van der Waals surface area contributed by atoms with E-state index in [1.54, 1.807) is 0 Å². The van der Waals surface area contributed by atoms with Crippen molar-refractivity contribution >= 4 is 16.6 Å². The van der Waals surface area contributed by atoms with Crippen LogP contribution in [0, 0.1) is 11.3 Å². The van der Waals surface area contributed by atoms with Crippen molar-refractivity contribution in [2.75, 3.05) is 5.32 Å². The van der Waals surface area contributed by atoms with Gasteiger partial charge in [-0.05, 0) is 48.4 Å². The smallest absolute Gasteiger partial charge is 0.0703 e. The van der Waals surface area contributed by atoms with E-state index >= 15 is 0 Å². The third kappa shape index (κ3) is 3.20. The summed E-state index contributed by atoms with van der Waals surface area (Å²) < 4.78 is 0. The normalized spacial score (nSPS) is 23.2. The predicted octanol–water partition coefficient (Wildman–Crippen LogP) is 5.25. The molecule has 0 bridgehead atoms. The third-order valence-electron chi connectivity index (χ3n) is 4.83. The third-order valence-corrected chi connectivity index (χ3v) is 4.83. The molecule has 1 aromatic carbocycles. The summed E-state index contributed by atoms with van der Waals surface area (Å²) in [4.78, 5) is 4.40. The van der Waals surface area contributed by atoms with Gasteiger partial charge in [0.1, 0.15) is 0 Å². The van der Waals surface area contributed by atoms with Crippen LogP contribution in [0.2, 0.25) is 0 Å². The highest BCUT2D eigenvalue weighted by molar-refractivity contribution is 5.82. The van der Waals surface area contributed by atoms with E-state index in [1.807, 2.05) is 12.3 Å². The van der Waals surface area contributed by atoms with Crippen molar-refractivity contribution in [3.8, 4) is 0 Å². The predicted molar refractivity (Wildman–Crippen MR) is 90.6 cm³/mol. The first kappa shape index (κ1) is 14.4. The van der Waals surface area contributed by atoms with E-state index in [9.17, 15) is 0 Å². The second kappa shape index (κ2) is 5.67. The van der Waals surface area contributed by atoms with Crippen LogP contribution in [0.1, 0.15) is 46.5 Å². The number of benzene rings is 1. The lowest BCUT2D eigenvalue weighted by molar-refractivity contribution is 0.163. The highest BCUT2D eigenvalue weighted by Crippen LogP contribution is 2.39. The zero-order valence-corrected chi connectivity index (χ0v) is 13.4. The second-order valence-corrected chi connectivity index (χ2v) is 7.42. The lowest BCUT2D eigenvalue weighted by Crippen LogP contribution is -2.39. The molecule has 0 aliphatic heterocycles. The number of anilines is 1. The summed E-state index contributed by atoms with van der Waals surface area (Å²) in [5.74, 6) is 0.746. The number of hydrogen-bond acceptors (Lipinski definition) is 2. The summed E-state index contributed by atoms with van der Waals surface area (Å²) in [5.41, 5.74) is 2.67. The molecule has 1 fully saturated rings. The van der Waals surface area contributed by atoms with E-state index in [-0.39, 0.29) is 0 Å². The lowest BCUT2D eigenvalue weighted by atomic mass is 9.69. The Bertz CT molecular complexity index is 612. The molecule has 1 saturated carbocycles. The number of rotatable bonds is 2. The zero-order valence-electron chi connectivity index (χ0n) is 13.4. The van der Waals surface area contributed by atoms with Crippen LogP contribution in [0.15, 0.2) is 36.5 Å². The summed E-state index contributed by atoms with van der Waals surface area (Å²) >= 11 is 0. The number of aromatic nitrogens is 1. The second-order valence-electron chi connectivity index (χ2n) is 7.42. The number of fused-ring (bicyclic) bond motifs is 1. The summed E-state index contributed by atoms with van der Waals surface area (Å²) in [6.45, 7) is 7.13. The maximum atomic E-state index is 4.40. The molecule has 2 heteroatoms. The summed E-state index contributed by atoms with van der Waals surface area (Å²) in [7, 11) is 0. The van der Waals surface area contributed by atoms with Gasteiger partial charge in [-0.3, -0.25) is 4.98 Å². The molecule has 2 nitrogen and oxygen atoms in total. The average molecular weight is 282 g/mol. The van der Waals surface area contributed by atoms with Gasteiger partial charge in [-0.2, -0.15) is 0 Å². The van der Waals surface area contributed by atoms with Crippen LogP contribution in [0.5, 0.6) is 0 Å². The molecule has 1 heterocycles. The molecular formula is C19H26N2. The number of pyridine rings is 1. The van der Waals surface area contributed by atoms with E-state index in [2.05, 4.69) is 55.3 Å². The van der Waals surface area contributed by atoms with Gasteiger partial charge < -0.3 is 5.32 Å². The zero-order chi connectivity index (χ0) is 14.9. The van der Waals surface area contributed by atoms with Crippen LogP contribution >= 0.6 is 0 Å². The Labute approximate surface area is 128 Å². The first-order chi connectivity index (χ1) is 10.0. The van der Waals surface area contributed by atoms with Gasteiger partial charge in [-0.25, -0.2) is 0 Å². The van der Waals surface area contributed by atoms with Gasteiger partial charge in [0.15, 0.2) is 0 Å². The van der Waals surface area contributed by atoms with E-state index in [0.29, 0.717) is 11.5 Å². The Morgan fingerprint density at radius 3 is 2.71 bits per heavy atom. The molecule has 1 aromatic heterocycles. The Balaban J connectivity index is 1.82. The maximum Gasteiger partial charge on any atom is 0.0703 e. The monoisotopic (exact) mass is 282 g/mol. The van der Waals surface area contributed by atoms with Crippen LogP contribution in [0.3, 0.4) is 0 Å². The summed E-state index contributed by atoms with van der Waals surface area (Å²) in [6, 6.07) is 11.3. The highest BCUT2D eigenvalue weighted by Gasteiger charge is 2.33. The molecule has 3 rings (SSSR count). The fraction of sp³-hybridized carbons (Fsp3) is 0.526. The fourth-order valence-electron chi connectivity index (χ4n) is 3.72. The van der Waals surface area contributed by atoms with Gasteiger partial charge in [0, 0.05) is 23.3 Å². The SMILES string of the molecule is CC(C)(C)C1CCCCC1Nc1ccc2ncccc2c1. The van der Waals surface area contributed by atoms with Crippen molar-refractivity contribution in [2.45, 2.75) is 52.5 Å². The molecule has 1 aliphatic rings. The van der Waals surface area contributed by atoms with Crippen molar-refractivity contribution < 1.29 is 0 Å². The number of nitrogens with zero attached hydrogens (tertiary/aromatic N) is 1. The molecular weight excluding hydrogens is 256 g/mol. The van der Waals surface area contributed by atoms with Crippen LogP contribution in [0.25, 0.3) is 10.9 Å². The first-order valence-electron chi connectivity index (χ1n) is 8.15. The Hall–Kier alpha value is -1.57. The molecule has 0 radical (unpaired) electrons. The Morgan fingerprint density at radius 1 is 1.10 bits per heavy atom. The van der Waals surface area contributed by atoms with Gasteiger partial charge in [0.2, 0.25) is 0 Å². The van der Waals surface area contributed by atoms with Gasteiger partial charge in [0.25, 0.3) is 0 Å². The molecule has 21 heavy (non-hydrogen) atoms. The summed E-state index contributed by atoms with van der Waals surface area (Å²) in [5, 5.41) is 5.02. The van der Waals surface area contributed by atoms with Crippen LogP contribution in [-0.4, -0.2) is 11.0 Å². The van der Waals surface area contributed by atoms with E-state index < -0.39 is 0 Å². The highest BCUT2D eigenvalue weighted by atomic mass is 14.9. The van der Waals surface area contributed by atoms with Crippen LogP contribution < -0.4 is 5.32 Å². The molecule has 112 valence electrons. The van der Waals surface area contributed by atoms with Crippen molar-refractivity contribution in [1.82, 2.24) is 4.98 Å². The Morgan fingerprint density at radius 2 is 1.90 bits per heavy atom. The van der Waals surface area contributed by atoms with E-state index in [1.165, 1.54) is 36.8 Å². The molecule has 2 aromatic rings. The van der Waals surface area contributed by atoms with E-state index in [0.717, 1.165) is 11.4 Å². The molecule has 2 atom stereocenters. The van der Waals surface area contributed by atoms with Crippen molar-refractivity contribution in [3.63, 3.8) is 0 Å². The summed E-state index contributed by atoms with van der Waals surface area (Å²) in [6.07, 6.45) is 7.21. The van der Waals surface area contributed by atoms with Gasteiger partial charge in [-0.15, -0.1) is 0 Å². The Kier molecular flexibility index (Phi) is 3.88. The molecule has 1 N–H and O–H groups in total. The van der Waals surface area contributed by atoms with Gasteiger partial charge in [-0.1, -0.05) is 39.7 Å². The lowest BCUT2D eigenvalue weighted by Gasteiger charge is -2.41. The minimum Gasteiger partial charge on any atom is -0.382 e. The van der Waals surface area contributed by atoms with E-state index in [4.69, 9.17) is 0 Å². The molecule has 0 spiro atoms. The van der Waals surface area contributed by atoms with Gasteiger partial charge >= 0.3 is 0 Å². The number of hydrogen-bond donors (Lipinski definition) is 1. The minimum absolute atomic E-state index is 0.372. The molecule has 0 amide bonds. The first-order valence-corrected chi connectivity index (χ1v) is 8.15. The standard InChI is InChI=1S/C19H26N2/c1-19(2,3)16-8-4-5-9-18(16)21-15-10-11-17-14(13-15)7-6-12-20-17/h6-7,10-13,16,18,21H,4-5,8-9H2,1-3H3. The van der Waals surface area contributed by atoms with Crippen LogP contribution in [-0.2, 0) is 0 Å². The average Bonchev–Trinajstić information content (AvgIpc) is 2.46. The largest absolute Gasteiger partial charge is 0.382 e. The van der Waals surface area contributed by atoms with Crippen molar-refractivity contribution in [3.05, 3.63) is 36.5 Å². The van der Waals surface area contributed by atoms with Crippen LogP contribution in [0.4, 0.5) is 5.69 Å². The van der Waals surface area contributed by atoms with Crippen molar-refractivity contribution in [2.24, 2.45) is 11.3 Å². The molecule has 2 unspecified atom stereocenters. The van der Waals surface area contributed by atoms with Gasteiger partial charge in [0.05, 0.1) is 5.52 Å². The molecule has 1 aliphatic carbocycles.